The van der Waals surface area contributed by atoms with Gasteiger partial charge in [0.2, 0.25) is 0 Å². The third-order valence-electron chi connectivity index (χ3n) is 2.03. The summed E-state index contributed by atoms with van der Waals surface area (Å²) >= 11 is 0. The van der Waals surface area contributed by atoms with E-state index in [9.17, 15) is 0 Å². The average molecular weight is 189 g/mol. The van der Waals surface area contributed by atoms with Crippen LogP contribution >= 0.6 is 0 Å². The molecule has 1 N–H and O–H groups in total. The van der Waals surface area contributed by atoms with Crippen molar-refractivity contribution in [1.82, 2.24) is 10.3 Å². The molecule has 3 heteroatoms. The average Bonchev–Trinajstić information content (AvgIpc) is 2.20. The number of rotatable bonds is 4. The fourth-order valence-electron chi connectivity index (χ4n) is 1.15. The van der Waals surface area contributed by atoms with Gasteiger partial charge in [0.25, 0.3) is 0 Å². The number of aromatic nitrogens is 1. The van der Waals surface area contributed by atoms with Crippen molar-refractivity contribution in [2.24, 2.45) is 5.92 Å². The van der Waals surface area contributed by atoms with Crippen molar-refractivity contribution in [3.63, 3.8) is 0 Å². The first kappa shape index (κ1) is 10.7. The van der Waals surface area contributed by atoms with Gasteiger partial charge in [-0.1, -0.05) is 19.9 Å². The molecule has 0 aliphatic rings. The van der Waals surface area contributed by atoms with Gasteiger partial charge >= 0.3 is 0 Å². The third-order valence-corrected chi connectivity index (χ3v) is 2.03. The summed E-state index contributed by atoms with van der Waals surface area (Å²) < 4.78 is 0. The maximum atomic E-state index is 8.84. The highest BCUT2D eigenvalue weighted by atomic mass is 14.9. The van der Waals surface area contributed by atoms with Gasteiger partial charge < -0.3 is 0 Å². The van der Waals surface area contributed by atoms with Crippen LogP contribution in [-0.2, 0) is 6.54 Å². The number of nitrogens with zero attached hydrogens (tertiary/aromatic N) is 2. The van der Waals surface area contributed by atoms with Crippen LogP contribution in [0.4, 0.5) is 0 Å². The quantitative estimate of drug-likeness (QED) is 0.784. The van der Waals surface area contributed by atoms with Crippen LogP contribution in [0.3, 0.4) is 0 Å². The van der Waals surface area contributed by atoms with E-state index in [1.54, 1.807) is 6.20 Å². The standard InChI is InChI=1S/C11H15N3/c1-9(2)11(7-12)14-8-10-5-3-4-6-13-10/h3-6,9,11,14H,8H2,1-2H3. The summed E-state index contributed by atoms with van der Waals surface area (Å²) in [6.45, 7) is 4.70. The Morgan fingerprint density at radius 1 is 1.50 bits per heavy atom. The molecule has 1 unspecified atom stereocenters. The molecule has 1 rings (SSSR count). The first-order valence-electron chi connectivity index (χ1n) is 4.77. The van der Waals surface area contributed by atoms with Crippen LogP contribution in [-0.4, -0.2) is 11.0 Å². The van der Waals surface area contributed by atoms with Crippen LogP contribution in [0.1, 0.15) is 19.5 Å². The van der Waals surface area contributed by atoms with Crippen molar-refractivity contribution in [2.75, 3.05) is 0 Å². The Morgan fingerprint density at radius 3 is 2.79 bits per heavy atom. The van der Waals surface area contributed by atoms with Crippen LogP contribution < -0.4 is 5.32 Å². The molecule has 0 bridgehead atoms. The minimum Gasteiger partial charge on any atom is -0.296 e. The fraction of sp³-hybridized carbons (Fsp3) is 0.455. The van der Waals surface area contributed by atoms with E-state index in [4.69, 9.17) is 5.26 Å². The van der Waals surface area contributed by atoms with E-state index < -0.39 is 0 Å². The van der Waals surface area contributed by atoms with Crippen LogP contribution in [0, 0.1) is 17.2 Å². The number of nitrogens with one attached hydrogen (secondary N) is 1. The van der Waals surface area contributed by atoms with E-state index in [2.05, 4.69) is 16.4 Å². The van der Waals surface area contributed by atoms with Crippen molar-refractivity contribution in [2.45, 2.75) is 26.4 Å². The number of pyridine rings is 1. The number of hydrogen-bond donors (Lipinski definition) is 1. The topological polar surface area (TPSA) is 48.7 Å². The van der Waals surface area contributed by atoms with Crippen LogP contribution in [0.5, 0.6) is 0 Å². The lowest BCUT2D eigenvalue weighted by molar-refractivity contribution is 0.469. The second-order valence-corrected chi connectivity index (χ2v) is 3.55. The molecule has 0 saturated heterocycles. The van der Waals surface area contributed by atoms with Crippen molar-refractivity contribution >= 4 is 0 Å². The zero-order valence-electron chi connectivity index (χ0n) is 8.57. The molecular formula is C11H15N3. The fourth-order valence-corrected chi connectivity index (χ4v) is 1.15. The Kier molecular flexibility index (Phi) is 4.09. The summed E-state index contributed by atoms with van der Waals surface area (Å²) in [5, 5.41) is 12.0. The molecule has 1 aromatic heterocycles. The molecule has 0 saturated carbocycles. The lowest BCUT2D eigenvalue weighted by Gasteiger charge is -2.14. The molecule has 0 aromatic carbocycles. The van der Waals surface area contributed by atoms with Gasteiger partial charge in [0, 0.05) is 12.7 Å². The Hall–Kier alpha value is -1.40. The molecule has 0 aliphatic heterocycles. The van der Waals surface area contributed by atoms with Crippen LogP contribution in [0.25, 0.3) is 0 Å². The number of nitriles is 1. The normalized spacial score (nSPS) is 12.4. The zero-order chi connectivity index (χ0) is 10.4. The van der Waals surface area contributed by atoms with Gasteiger partial charge in [0.05, 0.1) is 17.8 Å². The van der Waals surface area contributed by atoms with Gasteiger partial charge in [-0.25, -0.2) is 0 Å². The maximum absolute atomic E-state index is 8.84. The first-order chi connectivity index (χ1) is 6.74. The molecule has 0 aliphatic carbocycles. The van der Waals surface area contributed by atoms with Crippen molar-refractivity contribution in [1.29, 1.82) is 5.26 Å². The van der Waals surface area contributed by atoms with E-state index >= 15 is 0 Å². The highest BCUT2D eigenvalue weighted by molar-refractivity contribution is 5.04. The Morgan fingerprint density at radius 2 is 2.29 bits per heavy atom. The van der Waals surface area contributed by atoms with Crippen LogP contribution in [0.15, 0.2) is 24.4 Å². The summed E-state index contributed by atoms with van der Waals surface area (Å²) in [4.78, 5) is 4.17. The first-order valence-corrected chi connectivity index (χ1v) is 4.77. The van der Waals surface area contributed by atoms with Crippen molar-refractivity contribution < 1.29 is 0 Å². The van der Waals surface area contributed by atoms with E-state index in [1.807, 2.05) is 32.0 Å². The van der Waals surface area contributed by atoms with E-state index in [1.165, 1.54) is 0 Å². The van der Waals surface area contributed by atoms with Gasteiger partial charge in [-0.3, -0.25) is 10.3 Å². The summed E-state index contributed by atoms with van der Waals surface area (Å²) in [7, 11) is 0. The van der Waals surface area contributed by atoms with E-state index in [-0.39, 0.29) is 6.04 Å². The molecule has 0 fully saturated rings. The van der Waals surface area contributed by atoms with E-state index in [0.29, 0.717) is 12.5 Å². The lowest BCUT2D eigenvalue weighted by atomic mass is 10.1. The second-order valence-electron chi connectivity index (χ2n) is 3.55. The molecule has 0 radical (unpaired) electrons. The Bertz CT molecular complexity index is 300. The van der Waals surface area contributed by atoms with Gasteiger partial charge in [-0.05, 0) is 18.1 Å². The minimum absolute atomic E-state index is 0.1000. The lowest BCUT2D eigenvalue weighted by Crippen LogP contribution is -2.32. The molecule has 0 spiro atoms. The SMILES string of the molecule is CC(C)C(C#N)NCc1ccccn1. The summed E-state index contributed by atoms with van der Waals surface area (Å²) in [5.74, 6) is 0.323. The molecule has 0 amide bonds. The summed E-state index contributed by atoms with van der Waals surface area (Å²) in [5.41, 5.74) is 0.966. The zero-order valence-corrected chi connectivity index (χ0v) is 8.57. The van der Waals surface area contributed by atoms with Gasteiger partial charge in [-0.15, -0.1) is 0 Å². The molecule has 1 atom stereocenters. The van der Waals surface area contributed by atoms with E-state index in [0.717, 1.165) is 5.69 Å². The minimum atomic E-state index is -0.1000. The number of hydrogen-bond acceptors (Lipinski definition) is 3. The molecule has 1 heterocycles. The summed E-state index contributed by atoms with van der Waals surface area (Å²) in [6.07, 6.45) is 1.76. The van der Waals surface area contributed by atoms with Gasteiger partial charge in [0.1, 0.15) is 0 Å². The molecule has 74 valence electrons. The second kappa shape index (κ2) is 5.36. The van der Waals surface area contributed by atoms with Gasteiger partial charge in [0.15, 0.2) is 0 Å². The van der Waals surface area contributed by atoms with Crippen molar-refractivity contribution in [3.8, 4) is 6.07 Å². The maximum Gasteiger partial charge on any atom is 0.0979 e. The predicted molar refractivity (Wildman–Crippen MR) is 55.3 cm³/mol. The highest BCUT2D eigenvalue weighted by Gasteiger charge is 2.10. The molecule has 14 heavy (non-hydrogen) atoms. The Balaban J connectivity index is 2.45. The monoisotopic (exact) mass is 189 g/mol. The Labute approximate surface area is 84.8 Å². The molecule has 3 nitrogen and oxygen atoms in total. The smallest absolute Gasteiger partial charge is 0.0979 e. The summed E-state index contributed by atoms with van der Waals surface area (Å²) in [6, 6.07) is 7.91. The molecular weight excluding hydrogens is 174 g/mol. The van der Waals surface area contributed by atoms with Crippen LogP contribution in [0.2, 0.25) is 0 Å². The highest BCUT2D eigenvalue weighted by Crippen LogP contribution is 2.01. The van der Waals surface area contributed by atoms with Gasteiger partial charge in [-0.2, -0.15) is 5.26 Å². The largest absolute Gasteiger partial charge is 0.296 e. The third kappa shape index (κ3) is 3.15. The van der Waals surface area contributed by atoms with Crippen molar-refractivity contribution in [3.05, 3.63) is 30.1 Å². The molecule has 1 aromatic rings. The predicted octanol–water partition coefficient (Wildman–Crippen LogP) is 1.72.